The van der Waals surface area contributed by atoms with E-state index >= 15 is 0 Å². The quantitative estimate of drug-likeness (QED) is 0.886. The number of rotatable bonds is 2. The van der Waals surface area contributed by atoms with Gasteiger partial charge in [0.15, 0.2) is 5.13 Å². The number of anilines is 3. The van der Waals surface area contributed by atoms with Crippen LogP contribution in [-0.2, 0) is 6.18 Å². The summed E-state index contributed by atoms with van der Waals surface area (Å²) in [4.78, 5) is 3.91. The number of alkyl halides is 3. The molecule has 4 nitrogen and oxygen atoms in total. The van der Waals surface area contributed by atoms with Crippen molar-refractivity contribution in [2.45, 2.75) is 6.18 Å². The molecule has 1 aromatic heterocycles. The lowest BCUT2D eigenvalue weighted by Gasteiger charge is -2.10. The van der Waals surface area contributed by atoms with Gasteiger partial charge in [0, 0.05) is 0 Å². The molecular weight excluding hydrogens is 277 g/mol. The number of halogens is 3. The van der Waals surface area contributed by atoms with Crippen LogP contribution in [0.3, 0.4) is 0 Å². The maximum atomic E-state index is 12.5. The van der Waals surface area contributed by atoms with Crippen LogP contribution in [0.25, 0.3) is 0 Å². The normalized spacial score (nSPS) is 11.1. The van der Waals surface area contributed by atoms with Crippen molar-refractivity contribution in [1.29, 1.82) is 5.26 Å². The van der Waals surface area contributed by atoms with Crippen molar-refractivity contribution in [2.75, 3.05) is 11.1 Å². The Hall–Kier alpha value is -2.27. The van der Waals surface area contributed by atoms with Gasteiger partial charge in [0.2, 0.25) is 0 Å². The van der Waals surface area contributed by atoms with Gasteiger partial charge in [-0.1, -0.05) is 11.3 Å². The van der Waals surface area contributed by atoms with E-state index in [1.54, 1.807) is 6.07 Å². The molecule has 0 spiro atoms. The zero-order valence-corrected chi connectivity index (χ0v) is 10.1. The van der Waals surface area contributed by atoms with E-state index in [-0.39, 0.29) is 11.3 Å². The van der Waals surface area contributed by atoms with Crippen LogP contribution in [0.5, 0.6) is 0 Å². The summed E-state index contributed by atoms with van der Waals surface area (Å²) in [5.74, 6) is 0. The van der Waals surface area contributed by atoms with E-state index < -0.39 is 11.7 Å². The van der Waals surface area contributed by atoms with Crippen molar-refractivity contribution in [3.8, 4) is 6.07 Å². The van der Waals surface area contributed by atoms with Crippen LogP contribution in [-0.4, -0.2) is 4.98 Å². The lowest BCUT2D eigenvalue weighted by molar-refractivity contribution is -0.137. The number of nitrogens with zero attached hydrogens (tertiary/aromatic N) is 2. The molecule has 0 saturated carbocycles. The summed E-state index contributed by atoms with van der Waals surface area (Å²) >= 11 is 1.14. The number of nitrogen functional groups attached to an aromatic ring is 1. The number of thiazole rings is 1. The van der Waals surface area contributed by atoms with E-state index in [1.165, 1.54) is 12.3 Å². The first-order valence-corrected chi connectivity index (χ1v) is 5.81. The molecule has 8 heteroatoms. The van der Waals surface area contributed by atoms with Gasteiger partial charge >= 0.3 is 6.18 Å². The minimum Gasteiger partial charge on any atom is -0.389 e. The van der Waals surface area contributed by atoms with Crippen LogP contribution in [0.15, 0.2) is 24.4 Å². The molecule has 0 atom stereocenters. The summed E-state index contributed by atoms with van der Waals surface area (Å²) < 4.78 is 37.5. The second-order valence-electron chi connectivity index (χ2n) is 3.56. The van der Waals surface area contributed by atoms with Crippen LogP contribution in [0.2, 0.25) is 0 Å². The zero-order valence-electron chi connectivity index (χ0n) is 9.32. The molecule has 2 rings (SSSR count). The van der Waals surface area contributed by atoms with Crippen LogP contribution in [0.1, 0.15) is 11.1 Å². The topological polar surface area (TPSA) is 74.7 Å². The lowest BCUT2D eigenvalue weighted by atomic mass is 10.1. The first-order chi connectivity index (χ1) is 8.90. The van der Waals surface area contributed by atoms with Crippen molar-refractivity contribution in [1.82, 2.24) is 4.98 Å². The smallest absolute Gasteiger partial charge is 0.389 e. The minimum absolute atomic E-state index is 0.108. The molecule has 19 heavy (non-hydrogen) atoms. The molecule has 0 aliphatic rings. The highest BCUT2D eigenvalue weighted by atomic mass is 32.1. The Bertz CT molecular complexity index is 642. The SMILES string of the molecule is N#Cc1cc(C(F)(F)F)ccc1Nc1ncc(N)s1. The third-order valence-electron chi connectivity index (χ3n) is 2.23. The summed E-state index contributed by atoms with van der Waals surface area (Å²) in [6, 6.07) is 4.61. The van der Waals surface area contributed by atoms with E-state index in [0.717, 1.165) is 23.5 Å². The van der Waals surface area contributed by atoms with Crippen molar-refractivity contribution in [3.63, 3.8) is 0 Å². The summed E-state index contributed by atoms with van der Waals surface area (Å²) in [7, 11) is 0. The highest BCUT2D eigenvalue weighted by molar-refractivity contribution is 7.19. The molecule has 0 bridgehead atoms. The standard InChI is InChI=1S/C11H7F3N4S/c12-11(13,14)7-1-2-8(6(3-7)4-15)18-10-17-5-9(16)19-10/h1-3,5H,16H2,(H,17,18). The highest BCUT2D eigenvalue weighted by Crippen LogP contribution is 2.33. The zero-order chi connectivity index (χ0) is 14.0. The average Bonchev–Trinajstić information content (AvgIpc) is 2.74. The largest absolute Gasteiger partial charge is 0.416 e. The predicted octanol–water partition coefficient (Wildman–Crippen LogP) is 3.36. The first kappa shape index (κ1) is 13.2. The molecule has 2 aromatic rings. The molecule has 0 radical (unpaired) electrons. The molecule has 0 saturated heterocycles. The summed E-state index contributed by atoms with van der Waals surface area (Å²) in [6.45, 7) is 0. The number of nitriles is 1. The van der Waals surface area contributed by atoms with Crippen molar-refractivity contribution in [2.24, 2.45) is 0 Å². The molecular formula is C11H7F3N4S. The van der Waals surface area contributed by atoms with Crippen molar-refractivity contribution >= 4 is 27.2 Å². The second-order valence-corrected chi connectivity index (χ2v) is 4.62. The van der Waals surface area contributed by atoms with Gasteiger partial charge in [-0.05, 0) is 18.2 Å². The Morgan fingerprint density at radius 2 is 2.11 bits per heavy atom. The minimum atomic E-state index is -4.48. The van der Waals surface area contributed by atoms with Crippen LogP contribution in [0, 0.1) is 11.3 Å². The number of hydrogen-bond donors (Lipinski definition) is 2. The number of hydrogen-bond acceptors (Lipinski definition) is 5. The Morgan fingerprint density at radius 1 is 1.37 bits per heavy atom. The number of nitrogens with one attached hydrogen (secondary N) is 1. The van der Waals surface area contributed by atoms with E-state index in [1.807, 2.05) is 0 Å². The fraction of sp³-hybridized carbons (Fsp3) is 0.0909. The van der Waals surface area contributed by atoms with Gasteiger partial charge < -0.3 is 11.1 Å². The summed E-state index contributed by atoms with van der Waals surface area (Å²) in [5.41, 5.74) is 4.77. The average molecular weight is 284 g/mol. The lowest BCUT2D eigenvalue weighted by Crippen LogP contribution is -2.06. The van der Waals surface area contributed by atoms with E-state index in [4.69, 9.17) is 11.0 Å². The molecule has 1 aromatic carbocycles. The summed E-state index contributed by atoms with van der Waals surface area (Å²) in [5, 5.41) is 12.5. The van der Waals surface area contributed by atoms with Crippen molar-refractivity contribution < 1.29 is 13.2 Å². The number of nitrogens with two attached hydrogens (primary N) is 1. The fourth-order valence-electron chi connectivity index (χ4n) is 1.38. The third-order valence-corrected chi connectivity index (χ3v) is 2.97. The molecule has 1 heterocycles. The molecule has 98 valence electrons. The van der Waals surface area contributed by atoms with Crippen LogP contribution < -0.4 is 11.1 Å². The van der Waals surface area contributed by atoms with E-state index in [9.17, 15) is 13.2 Å². The van der Waals surface area contributed by atoms with Gasteiger partial charge in [-0.25, -0.2) is 4.98 Å². The Kier molecular flexibility index (Phi) is 3.31. The monoisotopic (exact) mass is 284 g/mol. The second kappa shape index (κ2) is 4.78. The van der Waals surface area contributed by atoms with Crippen molar-refractivity contribution in [3.05, 3.63) is 35.5 Å². The highest BCUT2D eigenvalue weighted by Gasteiger charge is 2.31. The molecule has 0 amide bonds. The van der Waals surface area contributed by atoms with Gasteiger partial charge in [-0.2, -0.15) is 18.4 Å². The maximum Gasteiger partial charge on any atom is 0.416 e. The molecule has 3 N–H and O–H groups in total. The van der Waals surface area contributed by atoms with Gasteiger partial charge in [0.05, 0.1) is 23.0 Å². The third kappa shape index (κ3) is 2.95. The maximum absolute atomic E-state index is 12.5. The number of benzene rings is 1. The van der Waals surface area contributed by atoms with Crippen LogP contribution >= 0.6 is 11.3 Å². The van der Waals surface area contributed by atoms with Gasteiger partial charge in [-0.3, -0.25) is 0 Å². The molecule has 0 aliphatic heterocycles. The van der Waals surface area contributed by atoms with Crippen LogP contribution in [0.4, 0.5) is 29.0 Å². The first-order valence-electron chi connectivity index (χ1n) is 5.00. The number of aromatic nitrogens is 1. The van der Waals surface area contributed by atoms with Gasteiger partial charge in [-0.15, -0.1) is 0 Å². The van der Waals surface area contributed by atoms with Gasteiger partial charge in [0.1, 0.15) is 11.1 Å². The van der Waals surface area contributed by atoms with E-state index in [0.29, 0.717) is 10.1 Å². The molecule has 0 aliphatic carbocycles. The summed E-state index contributed by atoms with van der Waals surface area (Å²) in [6.07, 6.45) is -3.06. The molecule has 0 unspecified atom stereocenters. The van der Waals surface area contributed by atoms with E-state index in [2.05, 4.69) is 10.3 Å². The molecule has 0 fully saturated rings. The Balaban J connectivity index is 2.34. The van der Waals surface area contributed by atoms with Gasteiger partial charge in [0.25, 0.3) is 0 Å². The predicted molar refractivity (Wildman–Crippen MR) is 66.0 cm³/mol. The Morgan fingerprint density at radius 3 is 2.63 bits per heavy atom. The fourth-order valence-corrected chi connectivity index (χ4v) is 1.98. The Labute approximate surface area is 110 Å².